The van der Waals surface area contributed by atoms with Gasteiger partial charge in [0.25, 0.3) is 0 Å². The molecule has 0 saturated carbocycles. The quantitative estimate of drug-likeness (QED) is 0.466. The van der Waals surface area contributed by atoms with Crippen LogP contribution in [0.5, 0.6) is 5.75 Å². The third kappa shape index (κ3) is 5.14. The van der Waals surface area contributed by atoms with Gasteiger partial charge < -0.3 is 9.64 Å². The summed E-state index contributed by atoms with van der Waals surface area (Å²) in [4.78, 5) is 2.51. The Morgan fingerprint density at radius 2 is 1.89 bits per heavy atom. The van der Waals surface area contributed by atoms with E-state index in [4.69, 9.17) is 16.3 Å². The van der Waals surface area contributed by atoms with Crippen molar-refractivity contribution in [3.05, 3.63) is 29.8 Å². The summed E-state index contributed by atoms with van der Waals surface area (Å²) < 4.78 is 5.72. The molecule has 0 N–H and O–H groups in total. The maximum absolute atomic E-state index is 5.72. The molecule has 1 aliphatic heterocycles. The Kier molecular flexibility index (Phi) is 6.07. The van der Waals surface area contributed by atoms with Gasteiger partial charge in [-0.3, -0.25) is 0 Å². The summed E-state index contributed by atoms with van der Waals surface area (Å²) in [5, 5.41) is 0. The standard InChI is InChI=1S/C16H20ClNO/c17-10-3-5-15-6-8-16(9-7-15)19-14-4-13-18-11-1-2-12-18/h6-9H,1-2,4,10-14H2. The molecular formula is C16H20ClNO. The van der Waals surface area contributed by atoms with E-state index in [0.717, 1.165) is 30.9 Å². The first-order chi connectivity index (χ1) is 9.38. The van der Waals surface area contributed by atoms with Gasteiger partial charge in [-0.25, -0.2) is 0 Å². The van der Waals surface area contributed by atoms with Gasteiger partial charge in [0, 0.05) is 12.1 Å². The molecule has 1 fully saturated rings. The Morgan fingerprint density at radius 1 is 1.16 bits per heavy atom. The summed E-state index contributed by atoms with van der Waals surface area (Å²) in [6.45, 7) is 4.45. The maximum Gasteiger partial charge on any atom is 0.119 e. The second-order valence-corrected chi connectivity index (χ2v) is 4.98. The van der Waals surface area contributed by atoms with Gasteiger partial charge in [-0.1, -0.05) is 11.8 Å². The molecule has 0 aromatic heterocycles. The van der Waals surface area contributed by atoms with Crippen molar-refractivity contribution < 1.29 is 4.74 Å². The molecule has 2 nitrogen and oxygen atoms in total. The van der Waals surface area contributed by atoms with E-state index in [1.165, 1.54) is 25.9 Å². The van der Waals surface area contributed by atoms with Crippen LogP contribution in [-0.2, 0) is 0 Å². The predicted octanol–water partition coefficient (Wildman–Crippen LogP) is 3.14. The molecule has 0 radical (unpaired) electrons. The van der Waals surface area contributed by atoms with Crippen LogP contribution >= 0.6 is 11.6 Å². The lowest BCUT2D eigenvalue weighted by atomic mass is 10.2. The van der Waals surface area contributed by atoms with E-state index < -0.39 is 0 Å². The van der Waals surface area contributed by atoms with Crippen molar-refractivity contribution in [1.82, 2.24) is 4.90 Å². The second kappa shape index (κ2) is 8.09. The van der Waals surface area contributed by atoms with E-state index in [2.05, 4.69) is 16.7 Å². The van der Waals surface area contributed by atoms with Crippen LogP contribution in [-0.4, -0.2) is 37.0 Å². The molecule has 1 aromatic rings. The van der Waals surface area contributed by atoms with Crippen molar-refractivity contribution in [3.63, 3.8) is 0 Å². The Morgan fingerprint density at radius 3 is 2.58 bits per heavy atom. The van der Waals surface area contributed by atoms with Crippen LogP contribution in [0.2, 0.25) is 0 Å². The molecule has 0 aliphatic carbocycles. The first kappa shape index (κ1) is 14.2. The van der Waals surface area contributed by atoms with Crippen molar-refractivity contribution in [2.75, 3.05) is 32.1 Å². The van der Waals surface area contributed by atoms with Crippen molar-refractivity contribution in [3.8, 4) is 17.6 Å². The SMILES string of the molecule is ClCC#Cc1ccc(OCCCN2CCCC2)cc1. The maximum atomic E-state index is 5.72. The molecule has 0 unspecified atom stereocenters. The van der Waals surface area contributed by atoms with Crippen molar-refractivity contribution in [2.24, 2.45) is 0 Å². The van der Waals surface area contributed by atoms with Gasteiger partial charge in [-0.2, -0.15) is 0 Å². The summed E-state index contributed by atoms with van der Waals surface area (Å²) in [6, 6.07) is 7.87. The fourth-order valence-electron chi connectivity index (χ4n) is 2.25. The van der Waals surface area contributed by atoms with E-state index in [1.807, 2.05) is 24.3 Å². The molecule has 2 rings (SSSR count). The highest BCUT2D eigenvalue weighted by molar-refractivity contribution is 6.19. The van der Waals surface area contributed by atoms with Crippen LogP contribution in [0.15, 0.2) is 24.3 Å². The van der Waals surface area contributed by atoms with Crippen molar-refractivity contribution in [2.45, 2.75) is 19.3 Å². The summed E-state index contributed by atoms with van der Waals surface area (Å²) in [5.74, 6) is 7.10. The molecule has 0 atom stereocenters. The minimum absolute atomic E-state index is 0.370. The molecular weight excluding hydrogens is 258 g/mol. The topological polar surface area (TPSA) is 12.5 Å². The normalized spacial score (nSPS) is 15.0. The highest BCUT2D eigenvalue weighted by atomic mass is 35.5. The lowest BCUT2D eigenvalue weighted by Crippen LogP contribution is -2.21. The van der Waals surface area contributed by atoms with E-state index in [9.17, 15) is 0 Å². The zero-order valence-corrected chi connectivity index (χ0v) is 12.0. The van der Waals surface area contributed by atoms with E-state index >= 15 is 0 Å². The van der Waals surface area contributed by atoms with Gasteiger partial charge in [0.05, 0.1) is 12.5 Å². The largest absolute Gasteiger partial charge is 0.494 e. The Hall–Kier alpha value is -1.17. The summed E-state index contributed by atoms with van der Waals surface area (Å²) in [5.41, 5.74) is 0.977. The number of nitrogens with zero attached hydrogens (tertiary/aromatic N) is 1. The van der Waals surface area contributed by atoms with Crippen molar-refractivity contribution in [1.29, 1.82) is 0 Å². The number of alkyl halides is 1. The van der Waals surface area contributed by atoms with Crippen LogP contribution < -0.4 is 4.74 Å². The molecule has 19 heavy (non-hydrogen) atoms. The molecule has 1 aliphatic rings. The van der Waals surface area contributed by atoms with Crippen LogP contribution in [0.4, 0.5) is 0 Å². The van der Waals surface area contributed by atoms with Gasteiger partial charge >= 0.3 is 0 Å². The van der Waals surface area contributed by atoms with E-state index in [-0.39, 0.29) is 0 Å². The molecule has 0 amide bonds. The zero-order chi connectivity index (χ0) is 13.3. The minimum atomic E-state index is 0.370. The van der Waals surface area contributed by atoms with Crippen LogP contribution in [0.25, 0.3) is 0 Å². The van der Waals surface area contributed by atoms with Gasteiger partial charge in [0.1, 0.15) is 5.75 Å². The monoisotopic (exact) mass is 277 g/mol. The number of hydrogen-bond acceptors (Lipinski definition) is 2. The van der Waals surface area contributed by atoms with Crippen molar-refractivity contribution >= 4 is 11.6 Å². The Balaban J connectivity index is 1.67. The lowest BCUT2D eigenvalue weighted by Gasteiger charge is -2.14. The fraction of sp³-hybridized carbons (Fsp3) is 0.500. The number of likely N-dealkylation sites (tertiary alicyclic amines) is 1. The predicted molar refractivity (Wildman–Crippen MR) is 79.8 cm³/mol. The van der Waals surface area contributed by atoms with E-state index in [0.29, 0.717) is 5.88 Å². The molecule has 1 heterocycles. The van der Waals surface area contributed by atoms with Gasteiger partial charge in [0.2, 0.25) is 0 Å². The minimum Gasteiger partial charge on any atom is -0.494 e. The first-order valence-electron chi connectivity index (χ1n) is 6.88. The summed E-state index contributed by atoms with van der Waals surface area (Å²) in [6.07, 6.45) is 3.80. The first-order valence-corrected chi connectivity index (χ1v) is 7.42. The van der Waals surface area contributed by atoms with Gasteiger partial charge in [-0.15, -0.1) is 11.6 Å². The number of hydrogen-bond donors (Lipinski definition) is 0. The molecule has 3 heteroatoms. The number of halogens is 1. The Bertz CT molecular complexity index is 426. The average Bonchev–Trinajstić information content (AvgIpc) is 2.96. The van der Waals surface area contributed by atoms with Crippen LogP contribution in [0.3, 0.4) is 0 Å². The third-order valence-electron chi connectivity index (χ3n) is 3.24. The molecule has 0 spiro atoms. The smallest absolute Gasteiger partial charge is 0.119 e. The van der Waals surface area contributed by atoms with E-state index in [1.54, 1.807) is 0 Å². The molecule has 0 bridgehead atoms. The average molecular weight is 278 g/mol. The third-order valence-corrected chi connectivity index (χ3v) is 3.37. The number of ether oxygens (including phenoxy) is 1. The highest BCUT2D eigenvalue weighted by Crippen LogP contribution is 2.12. The molecule has 1 saturated heterocycles. The van der Waals surface area contributed by atoms with Gasteiger partial charge in [0.15, 0.2) is 0 Å². The Labute approximate surface area is 120 Å². The van der Waals surface area contributed by atoms with Crippen LogP contribution in [0.1, 0.15) is 24.8 Å². The molecule has 1 aromatic carbocycles. The lowest BCUT2D eigenvalue weighted by molar-refractivity contribution is 0.263. The van der Waals surface area contributed by atoms with Gasteiger partial charge in [-0.05, 0) is 56.6 Å². The van der Waals surface area contributed by atoms with Crippen LogP contribution in [0, 0.1) is 11.8 Å². The number of benzene rings is 1. The fourth-order valence-corrected chi connectivity index (χ4v) is 2.32. The highest BCUT2D eigenvalue weighted by Gasteiger charge is 2.10. The molecule has 102 valence electrons. The summed E-state index contributed by atoms with van der Waals surface area (Å²) >= 11 is 5.52. The zero-order valence-electron chi connectivity index (χ0n) is 11.2. The number of rotatable bonds is 5. The summed E-state index contributed by atoms with van der Waals surface area (Å²) in [7, 11) is 0. The second-order valence-electron chi connectivity index (χ2n) is 4.71.